The summed E-state index contributed by atoms with van der Waals surface area (Å²) >= 11 is 3.50. The summed E-state index contributed by atoms with van der Waals surface area (Å²) in [5.74, 6) is 0.351. The molecule has 1 aliphatic heterocycles. The standard InChI is InChI=1S/C17H19BrN4O2/c1-11-4-5-12(9-14(11)18)20-16-7-6-15(21-22-16)17(23)19-10-13-3-2-8-24-13/h4-7,9,13H,2-3,8,10H2,1H3,(H,19,23)(H,20,22). The highest BCUT2D eigenvalue weighted by atomic mass is 79.9. The predicted octanol–water partition coefficient (Wildman–Crippen LogP) is 3.20. The van der Waals surface area contributed by atoms with Crippen LogP contribution < -0.4 is 10.6 Å². The number of ether oxygens (including phenoxy) is 1. The van der Waals surface area contributed by atoms with Crippen LogP contribution in [-0.4, -0.2) is 35.4 Å². The van der Waals surface area contributed by atoms with Crippen LogP contribution in [0.15, 0.2) is 34.8 Å². The van der Waals surface area contributed by atoms with Crippen molar-refractivity contribution in [1.29, 1.82) is 0 Å². The third-order valence-corrected chi connectivity index (χ3v) is 4.71. The lowest BCUT2D eigenvalue weighted by Crippen LogP contribution is -2.32. The van der Waals surface area contributed by atoms with Gasteiger partial charge in [-0.15, -0.1) is 10.2 Å². The summed E-state index contributed by atoms with van der Waals surface area (Å²) in [5.41, 5.74) is 2.35. The molecule has 2 heterocycles. The average Bonchev–Trinajstić information content (AvgIpc) is 3.10. The van der Waals surface area contributed by atoms with E-state index in [0.29, 0.717) is 18.1 Å². The highest BCUT2D eigenvalue weighted by Gasteiger charge is 2.17. The van der Waals surface area contributed by atoms with E-state index in [-0.39, 0.29) is 12.0 Å². The van der Waals surface area contributed by atoms with Crippen LogP contribution in [0.1, 0.15) is 28.9 Å². The van der Waals surface area contributed by atoms with Crippen molar-refractivity contribution in [1.82, 2.24) is 15.5 Å². The highest BCUT2D eigenvalue weighted by Crippen LogP contribution is 2.22. The van der Waals surface area contributed by atoms with Crippen molar-refractivity contribution in [3.05, 3.63) is 46.1 Å². The summed E-state index contributed by atoms with van der Waals surface area (Å²) in [6.07, 6.45) is 2.15. The number of rotatable bonds is 5. The van der Waals surface area contributed by atoms with Gasteiger partial charge in [-0.25, -0.2) is 0 Å². The number of nitrogens with zero attached hydrogens (tertiary/aromatic N) is 2. The second-order valence-corrected chi connectivity index (χ2v) is 6.59. The Bertz CT molecular complexity index is 715. The molecular formula is C17H19BrN4O2. The number of amides is 1. The minimum absolute atomic E-state index is 0.114. The smallest absolute Gasteiger partial charge is 0.271 e. The van der Waals surface area contributed by atoms with Gasteiger partial charge in [0, 0.05) is 23.3 Å². The van der Waals surface area contributed by atoms with Crippen molar-refractivity contribution in [3.8, 4) is 0 Å². The maximum absolute atomic E-state index is 12.1. The number of anilines is 2. The first-order valence-corrected chi connectivity index (χ1v) is 8.68. The lowest BCUT2D eigenvalue weighted by Gasteiger charge is -2.10. The van der Waals surface area contributed by atoms with Crippen LogP contribution in [0.25, 0.3) is 0 Å². The number of aryl methyl sites for hydroxylation is 1. The fourth-order valence-corrected chi connectivity index (χ4v) is 2.82. The molecule has 2 aromatic rings. The van der Waals surface area contributed by atoms with Crippen molar-refractivity contribution >= 4 is 33.3 Å². The van der Waals surface area contributed by atoms with E-state index in [0.717, 1.165) is 35.2 Å². The van der Waals surface area contributed by atoms with Crippen molar-refractivity contribution in [2.75, 3.05) is 18.5 Å². The van der Waals surface area contributed by atoms with Crippen molar-refractivity contribution in [2.24, 2.45) is 0 Å². The molecule has 7 heteroatoms. The number of aromatic nitrogens is 2. The predicted molar refractivity (Wildman–Crippen MR) is 95.5 cm³/mol. The van der Waals surface area contributed by atoms with Crippen LogP contribution in [-0.2, 0) is 4.74 Å². The molecule has 0 bridgehead atoms. The Hall–Kier alpha value is -1.99. The van der Waals surface area contributed by atoms with Crippen LogP contribution in [0.5, 0.6) is 0 Å². The second-order valence-electron chi connectivity index (χ2n) is 5.74. The van der Waals surface area contributed by atoms with Gasteiger partial charge in [0.25, 0.3) is 5.91 Å². The topological polar surface area (TPSA) is 76.1 Å². The molecule has 126 valence electrons. The number of nitrogens with one attached hydrogen (secondary N) is 2. The van der Waals surface area contributed by atoms with Crippen molar-refractivity contribution < 1.29 is 9.53 Å². The van der Waals surface area contributed by atoms with Gasteiger partial charge < -0.3 is 15.4 Å². The molecule has 0 saturated carbocycles. The lowest BCUT2D eigenvalue weighted by molar-refractivity contribution is 0.0853. The Morgan fingerprint density at radius 2 is 2.21 bits per heavy atom. The fourth-order valence-electron chi connectivity index (χ4n) is 2.44. The molecule has 0 aliphatic carbocycles. The lowest BCUT2D eigenvalue weighted by atomic mass is 10.2. The number of carbonyl (C=O) groups excluding carboxylic acids is 1. The van der Waals surface area contributed by atoms with E-state index in [1.165, 1.54) is 0 Å². The Morgan fingerprint density at radius 1 is 1.33 bits per heavy atom. The molecular weight excluding hydrogens is 372 g/mol. The normalized spacial score (nSPS) is 16.8. The number of halogens is 1. The van der Waals surface area contributed by atoms with E-state index < -0.39 is 0 Å². The molecule has 1 atom stereocenters. The molecule has 1 amide bonds. The minimum atomic E-state index is -0.234. The maximum atomic E-state index is 12.1. The van der Waals surface area contributed by atoms with E-state index in [4.69, 9.17) is 4.74 Å². The van der Waals surface area contributed by atoms with Gasteiger partial charge in [0.2, 0.25) is 0 Å². The van der Waals surface area contributed by atoms with E-state index in [1.54, 1.807) is 12.1 Å². The van der Waals surface area contributed by atoms with Crippen molar-refractivity contribution in [3.63, 3.8) is 0 Å². The Balaban J connectivity index is 1.57. The molecule has 1 aliphatic rings. The molecule has 0 spiro atoms. The zero-order chi connectivity index (χ0) is 16.9. The molecule has 1 saturated heterocycles. The van der Waals surface area contributed by atoms with E-state index >= 15 is 0 Å². The third-order valence-electron chi connectivity index (χ3n) is 3.86. The summed E-state index contributed by atoms with van der Waals surface area (Å²) in [6, 6.07) is 9.33. The van der Waals surface area contributed by atoms with E-state index in [2.05, 4.69) is 36.8 Å². The van der Waals surface area contributed by atoms with Crippen LogP contribution in [0.4, 0.5) is 11.5 Å². The molecule has 1 fully saturated rings. The van der Waals surface area contributed by atoms with Gasteiger partial charge in [0.05, 0.1) is 6.10 Å². The Labute approximate surface area is 149 Å². The Morgan fingerprint density at radius 3 is 2.88 bits per heavy atom. The van der Waals surface area contributed by atoms with Crippen LogP contribution in [0.3, 0.4) is 0 Å². The minimum Gasteiger partial charge on any atom is -0.376 e. The van der Waals surface area contributed by atoms with Gasteiger partial charge in [-0.3, -0.25) is 4.79 Å². The van der Waals surface area contributed by atoms with Crippen LogP contribution >= 0.6 is 15.9 Å². The first-order chi connectivity index (χ1) is 11.6. The molecule has 24 heavy (non-hydrogen) atoms. The molecule has 2 N–H and O–H groups in total. The first kappa shape index (κ1) is 16.9. The third kappa shape index (κ3) is 4.30. The van der Waals surface area contributed by atoms with Gasteiger partial charge in [0.15, 0.2) is 11.5 Å². The Kier molecular flexibility index (Phi) is 5.42. The summed E-state index contributed by atoms with van der Waals surface area (Å²) in [7, 11) is 0. The van der Waals surface area contributed by atoms with Gasteiger partial charge in [0.1, 0.15) is 0 Å². The number of carbonyl (C=O) groups is 1. The quantitative estimate of drug-likeness (QED) is 0.819. The average molecular weight is 391 g/mol. The highest BCUT2D eigenvalue weighted by molar-refractivity contribution is 9.10. The summed E-state index contributed by atoms with van der Waals surface area (Å²) in [5, 5.41) is 14.0. The van der Waals surface area contributed by atoms with E-state index in [1.807, 2.05) is 25.1 Å². The molecule has 1 aromatic carbocycles. The maximum Gasteiger partial charge on any atom is 0.271 e. The van der Waals surface area contributed by atoms with Crippen molar-refractivity contribution in [2.45, 2.75) is 25.9 Å². The summed E-state index contributed by atoms with van der Waals surface area (Å²) in [6.45, 7) is 3.31. The number of hydrogen-bond acceptors (Lipinski definition) is 5. The van der Waals surface area contributed by atoms with Gasteiger partial charge in [-0.05, 0) is 49.6 Å². The molecule has 3 rings (SSSR count). The number of hydrogen-bond donors (Lipinski definition) is 2. The molecule has 1 unspecified atom stereocenters. The number of benzene rings is 1. The van der Waals surface area contributed by atoms with E-state index in [9.17, 15) is 4.79 Å². The van der Waals surface area contributed by atoms with Crippen LogP contribution in [0.2, 0.25) is 0 Å². The fraction of sp³-hybridized carbons (Fsp3) is 0.353. The molecule has 6 nitrogen and oxygen atoms in total. The van der Waals surface area contributed by atoms with Crippen LogP contribution in [0, 0.1) is 6.92 Å². The monoisotopic (exact) mass is 390 g/mol. The van der Waals surface area contributed by atoms with Gasteiger partial charge >= 0.3 is 0 Å². The van der Waals surface area contributed by atoms with Gasteiger partial charge in [-0.2, -0.15) is 0 Å². The summed E-state index contributed by atoms with van der Waals surface area (Å²) < 4.78 is 6.50. The van der Waals surface area contributed by atoms with Gasteiger partial charge in [-0.1, -0.05) is 22.0 Å². The summed E-state index contributed by atoms with van der Waals surface area (Å²) in [4.78, 5) is 12.1. The first-order valence-electron chi connectivity index (χ1n) is 7.88. The second kappa shape index (κ2) is 7.72. The molecule has 0 radical (unpaired) electrons. The SMILES string of the molecule is Cc1ccc(Nc2ccc(C(=O)NCC3CCCO3)nn2)cc1Br. The molecule has 1 aromatic heterocycles. The largest absolute Gasteiger partial charge is 0.376 e. The zero-order valence-electron chi connectivity index (χ0n) is 13.4. The zero-order valence-corrected chi connectivity index (χ0v) is 15.0.